The van der Waals surface area contributed by atoms with Crippen LogP contribution in [0.15, 0.2) is 47.5 Å². The summed E-state index contributed by atoms with van der Waals surface area (Å²) in [4.78, 5) is 16.6. The molecule has 0 unspecified atom stereocenters. The number of carbonyl (C=O) groups is 1. The topological polar surface area (TPSA) is 85.4 Å². The number of anilines is 1. The van der Waals surface area contributed by atoms with Gasteiger partial charge in [-0.2, -0.15) is 11.8 Å². The molecule has 1 saturated heterocycles. The molecule has 132 valence electrons. The fourth-order valence-corrected chi connectivity index (χ4v) is 4.07. The van der Waals surface area contributed by atoms with E-state index in [4.69, 9.17) is 4.74 Å². The first-order chi connectivity index (χ1) is 11.9. The predicted molar refractivity (Wildman–Crippen MR) is 98.1 cm³/mol. The lowest BCUT2D eigenvalue weighted by molar-refractivity contribution is 0.102. The number of aromatic nitrogens is 1. The largest absolute Gasteiger partial charge is 0.473 e. The highest BCUT2D eigenvalue weighted by molar-refractivity contribution is 7.99. The van der Waals surface area contributed by atoms with E-state index in [2.05, 4.69) is 10.3 Å². The molecule has 8 heteroatoms. The summed E-state index contributed by atoms with van der Waals surface area (Å²) in [7, 11) is -3.25. The van der Waals surface area contributed by atoms with Gasteiger partial charge in [0.15, 0.2) is 9.84 Å². The van der Waals surface area contributed by atoms with E-state index in [0.29, 0.717) is 17.1 Å². The van der Waals surface area contributed by atoms with Crippen LogP contribution >= 0.6 is 11.8 Å². The Labute approximate surface area is 150 Å². The SMILES string of the molecule is CS(=O)(=O)c1ccc(NC(=O)c2ccc(O[C@@H]3CCSC3)nc2)cc1. The number of benzene rings is 1. The van der Waals surface area contributed by atoms with Gasteiger partial charge in [-0.3, -0.25) is 4.79 Å². The molecule has 0 radical (unpaired) electrons. The van der Waals surface area contributed by atoms with Gasteiger partial charge >= 0.3 is 0 Å². The van der Waals surface area contributed by atoms with Crippen LogP contribution in [0.1, 0.15) is 16.8 Å². The summed E-state index contributed by atoms with van der Waals surface area (Å²) in [5.41, 5.74) is 0.918. The van der Waals surface area contributed by atoms with Gasteiger partial charge in [0.25, 0.3) is 5.91 Å². The quantitative estimate of drug-likeness (QED) is 0.861. The van der Waals surface area contributed by atoms with E-state index in [1.54, 1.807) is 24.3 Å². The molecule has 1 aliphatic heterocycles. The number of nitrogens with one attached hydrogen (secondary N) is 1. The highest BCUT2D eigenvalue weighted by Crippen LogP contribution is 2.22. The number of amides is 1. The predicted octanol–water partition coefficient (Wildman–Crippen LogP) is 2.62. The van der Waals surface area contributed by atoms with Gasteiger partial charge in [0.2, 0.25) is 5.88 Å². The van der Waals surface area contributed by atoms with E-state index in [1.807, 2.05) is 11.8 Å². The Balaban J connectivity index is 1.62. The van der Waals surface area contributed by atoms with Crippen molar-refractivity contribution in [2.75, 3.05) is 23.1 Å². The summed E-state index contributed by atoms with van der Waals surface area (Å²) in [6, 6.07) is 9.36. The van der Waals surface area contributed by atoms with Gasteiger partial charge in [-0.05, 0) is 42.5 Å². The summed E-state index contributed by atoms with van der Waals surface area (Å²) >= 11 is 1.86. The van der Waals surface area contributed by atoms with Crippen molar-refractivity contribution in [2.24, 2.45) is 0 Å². The molecule has 1 fully saturated rings. The molecule has 1 atom stereocenters. The molecule has 0 aliphatic carbocycles. The maximum Gasteiger partial charge on any atom is 0.257 e. The number of pyridine rings is 1. The first-order valence-corrected chi connectivity index (χ1v) is 10.8. The molecule has 1 N–H and O–H groups in total. The zero-order chi connectivity index (χ0) is 17.9. The average molecular weight is 378 g/mol. The van der Waals surface area contributed by atoms with Gasteiger partial charge in [-0.15, -0.1) is 0 Å². The summed E-state index contributed by atoms with van der Waals surface area (Å²) in [5.74, 6) is 2.26. The lowest BCUT2D eigenvalue weighted by atomic mass is 10.2. The molecular formula is C17H18N2O4S2. The summed E-state index contributed by atoms with van der Waals surface area (Å²) in [6.07, 6.45) is 3.81. The van der Waals surface area contributed by atoms with E-state index in [0.717, 1.165) is 24.2 Å². The minimum atomic E-state index is -3.25. The Morgan fingerprint density at radius 3 is 2.56 bits per heavy atom. The first kappa shape index (κ1) is 17.8. The minimum Gasteiger partial charge on any atom is -0.473 e. The van der Waals surface area contributed by atoms with Crippen LogP contribution in [0.2, 0.25) is 0 Å². The van der Waals surface area contributed by atoms with Crippen molar-refractivity contribution in [3.05, 3.63) is 48.2 Å². The lowest BCUT2D eigenvalue weighted by Crippen LogP contribution is -2.16. The molecule has 3 rings (SSSR count). The Kier molecular flexibility index (Phi) is 5.29. The third-order valence-corrected chi connectivity index (χ3v) is 5.97. The summed E-state index contributed by atoms with van der Waals surface area (Å²) in [5, 5.41) is 2.71. The van der Waals surface area contributed by atoms with Crippen LogP contribution in [0.4, 0.5) is 5.69 Å². The maximum atomic E-state index is 12.2. The molecule has 1 aliphatic rings. The molecule has 0 saturated carbocycles. The van der Waals surface area contributed by atoms with Crippen LogP contribution in [0.3, 0.4) is 0 Å². The average Bonchev–Trinajstić information content (AvgIpc) is 3.08. The second kappa shape index (κ2) is 7.45. The monoisotopic (exact) mass is 378 g/mol. The number of nitrogens with zero attached hydrogens (tertiary/aromatic N) is 1. The first-order valence-electron chi connectivity index (χ1n) is 7.74. The fraction of sp³-hybridized carbons (Fsp3) is 0.294. The number of hydrogen-bond donors (Lipinski definition) is 1. The van der Waals surface area contributed by atoms with Gasteiger partial charge < -0.3 is 10.1 Å². The van der Waals surface area contributed by atoms with Gasteiger partial charge in [0.1, 0.15) is 6.10 Å². The number of hydrogen-bond acceptors (Lipinski definition) is 6. The third kappa shape index (κ3) is 4.73. The van der Waals surface area contributed by atoms with E-state index in [1.165, 1.54) is 18.3 Å². The van der Waals surface area contributed by atoms with Crippen LogP contribution in [-0.2, 0) is 9.84 Å². The highest BCUT2D eigenvalue weighted by Gasteiger charge is 2.17. The molecule has 1 aromatic carbocycles. The van der Waals surface area contributed by atoms with Crippen LogP contribution < -0.4 is 10.1 Å². The van der Waals surface area contributed by atoms with Crippen molar-refractivity contribution in [3.63, 3.8) is 0 Å². The molecule has 1 amide bonds. The van der Waals surface area contributed by atoms with Crippen molar-refractivity contribution in [3.8, 4) is 5.88 Å². The van der Waals surface area contributed by atoms with E-state index in [-0.39, 0.29) is 16.9 Å². The molecule has 0 bridgehead atoms. The van der Waals surface area contributed by atoms with Crippen LogP contribution in [0.5, 0.6) is 5.88 Å². The van der Waals surface area contributed by atoms with Crippen LogP contribution in [-0.4, -0.2) is 43.2 Å². The minimum absolute atomic E-state index is 0.186. The second-order valence-corrected chi connectivity index (χ2v) is 8.90. The Hall–Kier alpha value is -2.06. The Morgan fingerprint density at radius 1 is 1.24 bits per heavy atom. The van der Waals surface area contributed by atoms with Crippen LogP contribution in [0.25, 0.3) is 0 Å². The van der Waals surface area contributed by atoms with Gasteiger partial charge in [-0.25, -0.2) is 13.4 Å². The number of carbonyl (C=O) groups excluding carboxylic acids is 1. The standard InChI is InChI=1S/C17H18N2O4S2/c1-25(21,22)15-5-3-13(4-6-15)19-17(20)12-2-7-16(18-10-12)23-14-8-9-24-11-14/h2-7,10,14H,8-9,11H2,1H3,(H,19,20)/t14-/m1/s1. The molecule has 0 spiro atoms. The van der Waals surface area contributed by atoms with Crippen molar-refractivity contribution < 1.29 is 17.9 Å². The van der Waals surface area contributed by atoms with Gasteiger partial charge in [-0.1, -0.05) is 0 Å². The van der Waals surface area contributed by atoms with E-state index >= 15 is 0 Å². The summed E-state index contributed by atoms with van der Waals surface area (Å²) in [6.45, 7) is 0. The number of thioether (sulfide) groups is 1. The Bertz CT molecular complexity index is 843. The smallest absolute Gasteiger partial charge is 0.257 e. The maximum absolute atomic E-state index is 12.2. The normalized spacial score (nSPS) is 17.2. The number of ether oxygens (including phenoxy) is 1. The zero-order valence-corrected chi connectivity index (χ0v) is 15.3. The third-order valence-electron chi connectivity index (χ3n) is 3.71. The molecular weight excluding hydrogens is 360 g/mol. The molecule has 2 heterocycles. The molecule has 6 nitrogen and oxygen atoms in total. The van der Waals surface area contributed by atoms with E-state index < -0.39 is 9.84 Å². The molecule has 25 heavy (non-hydrogen) atoms. The van der Waals surface area contributed by atoms with Crippen molar-refractivity contribution in [1.82, 2.24) is 4.98 Å². The molecule has 1 aromatic heterocycles. The highest BCUT2D eigenvalue weighted by atomic mass is 32.2. The van der Waals surface area contributed by atoms with Crippen molar-refractivity contribution >= 4 is 33.2 Å². The lowest BCUT2D eigenvalue weighted by Gasteiger charge is -2.11. The van der Waals surface area contributed by atoms with E-state index in [9.17, 15) is 13.2 Å². The number of rotatable bonds is 5. The number of sulfone groups is 1. The second-order valence-electron chi connectivity index (χ2n) is 5.74. The van der Waals surface area contributed by atoms with Gasteiger partial charge in [0, 0.05) is 30.0 Å². The Morgan fingerprint density at radius 2 is 2.00 bits per heavy atom. The van der Waals surface area contributed by atoms with Crippen molar-refractivity contribution in [2.45, 2.75) is 17.4 Å². The molecule has 2 aromatic rings. The fourth-order valence-electron chi connectivity index (χ4n) is 2.35. The van der Waals surface area contributed by atoms with Crippen LogP contribution in [0, 0.1) is 0 Å². The summed E-state index contributed by atoms with van der Waals surface area (Å²) < 4.78 is 28.6. The zero-order valence-electron chi connectivity index (χ0n) is 13.6. The van der Waals surface area contributed by atoms with Crippen molar-refractivity contribution in [1.29, 1.82) is 0 Å². The van der Waals surface area contributed by atoms with Gasteiger partial charge in [0.05, 0.1) is 10.5 Å².